The molecular formula is C23H24N2O4. The molecule has 6 heteroatoms. The predicted octanol–water partition coefficient (Wildman–Crippen LogP) is 3.77. The second-order valence-corrected chi connectivity index (χ2v) is 7.68. The second kappa shape index (κ2) is 8.07. The fourth-order valence-corrected chi connectivity index (χ4v) is 3.83. The highest BCUT2D eigenvalue weighted by molar-refractivity contribution is 6.05. The molecule has 0 spiro atoms. The van der Waals surface area contributed by atoms with Gasteiger partial charge in [-0.1, -0.05) is 25.1 Å². The lowest BCUT2D eigenvalue weighted by molar-refractivity contribution is -0.133. The van der Waals surface area contributed by atoms with Crippen LogP contribution >= 0.6 is 0 Å². The lowest BCUT2D eigenvalue weighted by atomic mass is 9.84. The molecule has 3 aromatic rings. The van der Waals surface area contributed by atoms with Crippen molar-refractivity contribution >= 4 is 22.8 Å². The molecule has 6 nitrogen and oxygen atoms in total. The summed E-state index contributed by atoms with van der Waals surface area (Å²) in [6.07, 6.45) is 4.27. The van der Waals surface area contributed by atoms with Gasteiger partial charge in [-0.3, -0.25) is 9.78 Å². The zero-order valence-electron chi connectivity index (χ0n) is 16.7. The van der Waals surface area contributed by atoms with Gasteiger partial charge in [0.25, 0.3) is 5.91 Å². The molecule has 1 aliphatic carbocycles. The van der Waals surface area contributed by atoms with Gasteiger partial charge in [-0.05, 0) is 48.9 Å². The molecule has 0 saturated carbocycles. The van der Waals surface area contributed by atoms with Crippen molar-refractivity contribution in [3.05, 3.63) is 65.2 Å². The normalized spacial score (nSPS) is 15.7. The van der Waals surface area contributed by atoms with Gasteiger partial charge in [-0.2, -0.15) is 0 Å². The summed E-state index contributed by atoms with van der Waals surface area (Å²) in [6.45, 7) is 2.20. The first-order valence-electron chi connectivity index (χ1n) is 9.87. The van der Waals surface area contributed by atoms with E-state index < -0.39 is 5.97 Å². The number of furan rings is 1. The van der Waals surface area contributed by atoms with Crippen molar-refractivity contribution in [3.63, 3.8) is 0 Å². The van der Waals surface area contributed by atoms with Crippen molar-refractivity contribution in [2.24, 2.45) is 5.92 Å². The maximum absolute atomic E-state index is 13.0. The van der Waals surface area contributed by atoms with Crippen molar-refractivity contribution in [1.82, 2.24) is 9.88 Å². The molecule has 1 aliphatic rings. The topological polar surface area (TPSA) is 72.6 Å². The van der Waals surface area contributed by atoms with Crippen LogP contribution < -0.4 is 0 Å². The Morgan fingerprint density at radius 3 is 2.86 bits per heavy atom. The number of carbonyl (C=O) groups excluding carboxylic acids is 2. The monoisotopic (exact) mass is 392 g/mol. The molecule has 0 saturated heterocycles. The van der Waals surface area contributed by atoms with Crippen LogP contribution in [0.3, 0.4) is 0 Å². The Labute approximate surface area is 169 Å². The molecule has 1 atom stereocenters. The van der Waals surface area contributed by atoms with Crippen LogP contribution in [0.4, 0.5) is 0 Å². The zero-order valence-corrected chi connectivity index (χ0v) is 16.7. The minimum Gasteiger partial charge on any atom is -0.467 e. The standard InChI is InChI=1S/C23H24N2O4/c1-15-9-10-20-18(12-15)22(17-7-3-4-8-19(17)24-20)23(27)29-14-21(26)25(2)13-16-6-5-11-28-16/h3-8,11,15H,9-10,12-14H2,1-2H3/t15-/m1/s1. The summed E-state index contributed by atoms with van der Waals surface area (Å²) in [7, 11) is 1.66. The van der Waals surface area contributed by atoms with Crippen LogP contribution in [0.1, 0.15) is 40.7 Å². The third-order valence-corrected chi connectivity index (χ3v) is 5.44. The number of hydrogen-bond acceptors (Lipinski definition) is 5. The Kier molecular flexibility index (Phi) is 5.34. The van der Waals surface area contributed by atoms with Gasteiger partial charge in [0.15, 0.2) is 6.61 Å². The van der Waals surface area contributed by atoms with Gasteiger partial charge < -0.3 is 14.1 Å². The third kappa shape index (κ3) is 4.01. The zero-order chi connectivity index (χ0) is 20.4. The van der Waals surface area contributed by atoms with Gasteiger partial charge in [0.05, 0.1) is 23.9 Å². The molecule has 0 radical (unpaired) electrons. The molecule has 4 rings (SSSR count). The van der Waals surface area contributed by atoms with Crippen molar-refractivity contribution in [2.45, 2.75) is 32.7 Å². The number of amides is 1. The van der Waals surface area contributed by atoms with E-state index in [-0.39, 0.29) is 12.5 Å². The van der Waals surface area contributed by atoms with Crippen LogP contribution in [-0.2, 0) is 28.9 Å². The maximum Gasteiger partial charge on any atom is 0.339 e. The summed E-state index contributed by atoms with van der Waals surface area (Å²) < 4.78 is 10.7. The summed E-state index contributed by atoms with van der Waals surface area (Å²) >= 11 is 0. The summed E-state index contributed by atoms with van der Waals surface area (Å²) in [6, 6.07) is 11.2. The molecular weight excluding hydrogens is 368 g/mol. The Bertz CT molecular complexity index is 1040. The SMILES string of the molecule is C[C@@H]1CCc2nc3ccccc3c(C(=O)OCC(=O)N(C)Cc3ccco3)c2C1. The molecule has 0 N–H and O–H groups in total. The molecule has 0 aliphatic heterocycles. The first kappa shape index (κ1) is 19.2. The third-order valence-electron chi connectivity index (χ3n) is 5.44. The molecule has 29 heavy (non-hydrogen) atoms. The number of rotatable bonds is 5. The average Bonchev–Trinajstić information content (AvgIpc) is 3.23. The summed E-state index contributed by atoms with van der Waals surface area (Å²) in [5, 5.41) is 0.779. The number of aryl methyl sites for hydroxylation is 1. The van der Waals surface area contributed by atoms with E-state index in [1.54, 1.807) is 25.4 Å². The van der Waals surface area contributed by atoms with Gasteiger partial charge in [-0.25, -0.2) is 4.79 Å². The maximum atomic E-state index is 13.0. The van der Waals surface area contributed by atoms with E-state index in [0.717, 1.165) is 41.4 Å². The number of para-hydroxylation sites is 1. The lowest BCUT2D eigenvalue weighted by Crippen LogP contribution is -2.31. The highest BCUT2D eigenvalue weighted by atomic mass is 16.5. The van der Waals surface area contributed by atoms with Gasteiger partial charge in [0.1, 0.15) is 5.76 Å². The number of carbonyl (C=O) groups is 2. The van der Waals surface area contributed by atoms with E-state index in [2.05, 4.69) is 6.92 Å². The van der Waals surface area contributed by atoms with Crippen LogP contribution in [0.25, 0.3) is 10.9 Å². The lowest BCUT2D eigenvalue weighted by Gasteiger charge is -2.24. The minimum atomic E-state index is -0.464. The summed E-state index contributed by atoms with van der Waals surface area (Å²) in [5.74, 6) is 0.414. The molecule has 1 aromatic carbocycles. The molecule has 0 unspecified atom stereocenters. The fourth-order valence-electron chi connectivity index (χ4n) is 3.83. The quantitative estimate of drug-likeness (QED) is 0.618. The first-order valence-corrected chi connectivity index (χ1v) is 9.87. The number of likely N-dealkylation sites (N-methyl/N-ethyl adjacent to an activating group) is 1. The van der Waals surface area contributed by atoms with Crippen molar-refractivity contribution < 1.29 is 18.7 Å². The van der Waals surface area contributed by atoms with Crippen molar-refractivity contribution in [2.75, 3.05) is 13.7 Å². The number of hydrogen-bond donors (Lipinski definition) is 0. The number of nitrogens with zero attached hydrogens (tertiary/aromatic N) is 2. The number of pyridine rings is 1. The van der Waals surface area contributed by atoms with Crippen LogP contribution in [0, 0.1) is 5.92 Å². The number of aromatic nitrogens is 1. The van der Waals surface area contributed by atoms with E-state index in [1.165, 1.54) is 4.90 Å². The van der Waals surface area contributed by atoms with Crippen LogP contribution in [0.2, 0.25) is 0 Å². The number of ether oxygens (including phenoxy) is 1. The van der Waals surface area contributed by atoms with Gasteiger partial charge in [-0.15, -0.1) is 0 Å². The van der Waals surface area contributed by atoms with Crippen LogP contribution in [0.5, 0.6) is 0 Å². The number of esters is 1. The summed E-state index contributed by atoms with van der Waals surface area (Å²) in [5.41, 5.74) is 3.27. The van der Waals surface area contributed by atoms with Gasteiger partial charge in [0, 0.05) is 18.1 Å². The van der Waals surface area contributed by atoms with Crippen LogP contribution in [0.15, 0.2) is 47.1 Å². The minimum absolute atomic E-state index is 0.282. The first-order chi connectivity index (χ1) is 14.0. The molecule has 0 fully saturated rings. The van der Waals surface area contributed by atoms with E-state index in [4.69, 9.17) is 14.1 Å². The summed E-state index contributed by atoms with van der Waals surface area (Å²) in [4.78, 5) is 31.7. The Hall–Kier alpha value is -3.15. The fraction of sp³-hybridized carbons (Fsp3) is 0.348. The van der Waals surface area contributed by atoms with Gasteiger partial charge >= 0.3 is 5.97 Å². The molecule has 150 valence electrons. The number of benzene rings is 1. The number of fused-ring (bicyclic) bond motifs is 2. The van der Waals surface area contributed by atoms with E-state index in [0.29, 0.717) is 23.8 Å². The van der Waals surface area contributed by atoms with Crippen molar-refractivity contribution in [3.8, 4) is 0 Å². The highest BCUT2D eigenvalue weighted by Crippen LogP contribution is 2.32. The highest BCUT2D eigenvalue weighted by Gasteiger charge is 2.26. The molecule has 2 aromatic heterocycles. The molecule has 1 amide bonds. The molecule has 0 bridgehead atoms. The van der Waals surface area contributed by atoms with Crippen molar-refractivity contribution in [1.29, 1.82) is 0 Å². The van der Waals surface area contributed by atoms with Gasteiger partial charge in [0.2, 0.25) is 0 Å². The van der Waals surface area contributed by atoms with Crippen LogP contribution in [-0.4, -0.2) is 35.4 Å². The largest absolute Gasteiger partial charge is 0.467 e. The Morgan fingerprint density at radius 2 is 2.07 bits per heavy atom. The van der Waals surface area contributed by atoms with E-state index >= 15 is 0 Å². The second-order valence-electron chi connectivity index (χ2n) is 7.68. The predicted molar refractivity (Wildman–Crippen MR) is 108 cm³/mol. The van der Waals surface area contributed by atoms with E-state index in [9.17, 15) is 9.59 Å². The Morgan fingerprint density at radius 1 is 1.24 bits per heavy atom. The smallest absolute Gasteiger partial charge is 0.339 e. The van der Waals surface area contributed by atoms with E-state index in [1.807, 2.05) is 24.3 Å². The Balaban J connectivity index is 1.55. The molecule has 2 heterocycles. The average molecular weight is 392 g/mol.